The first-order valence-corrected chi connectivity index (χ1v) is 1.73. The summed E-state index contributed by atoms with van der Waals surface area (Å²) in [6.07, 6.45) is 0. The fourth-order valence-corrected chi connectivity index (χ4v) is 0. The first-order chi connectivity index (χ1) is 1.73. The molecule has 2 N–H and O–H groups in total. The van der Waals surface area contributed by atoms with Crippen molar-refractivity contribution in [3.63, 3.8) is 0 Å². The first kappa shape index (κ1) is 15.9. The molecule has 0 rings (SSSR count). The van der Waals surface area contributed by atoms with Crippen molar-refractivity contribution in [2.45, 2.75) is 20.8 Å². The molecule has 6 heavy (non-hydrogen) atoms. The molecule has 0 aromatic heterocycles. The van der Waals surface area contributed by atoms with Crippen molar-refractivity contribution in [2.24, 2.45) is 5.92 Å². The Morgan fingerprint density at radius 3 is 1.00 bits per heavy atom. The van der Waals surface area contributed by atoms with Gasteiger partial charge in [-0.2, -0.15) is 0 Å². The molecule has 0 saturated heterocycles. The Morgan fingerprint density at radius 1 is 1.00 bits per heavy atom. The van der Waals surface area contributed by atoms with E-state index in [1.807, 2.05) is 0 Å². The van der Waals surface area contributed by atoms with Gasteiger partial charge in [-0.25, -0.2) is 0 Å². The molecular formula is C4H12NTi-. The molecule has 0 fully saturated rings. The summed E-state index contributed by atoms with van der Waals surface area (Å²) in [6, 6.07) is 0. The minimum absolute atomic E-state index is 0. The Kier molecular flexibility index (Phi) is 24.4. The second-order valence-electron chi connectivity index (χ2n) is 1.73. The van der Waals surface area contributed by atoms with Gasteiger partial charge in [-0.15, -0.1) is 0 Å². The third-order valence-corrected chi connectivity index (χ3v) is 0. The molecule has 0 atom stereocenters. The molecule has 0 aromatic carbocycles. The third kappa shape index (κ3) is 139. The van der Waals surface area contributed by atoms with Crippen LogP contribution in [0.25, 0.3) is 6.15 Å². The SMILES string of the molecule is CC(C)C.[NH2-].[Ti]. The molecule has 1 nitrogen and oxygen atoms in total. The molecule has 0 spiro atoms. The van der Waals surface area contributed by atoms with Gasteiger partial charge in [0.15, 0.2) is 0 Å². The van der Waals surface area contributed by atoms with Crippen LogP contribution in [0.3, 0.4) is 0 Å². The van der Waals surface area contributed by atoms with E-state index in [9.17, 15) is 0 Å². The topological polar surface area (TPSA) is 33.5 Å². The van der Waals surface area contributed by atoms with Crippen molar-refractivity contribution in [2.75, 3.05) is 0 Å². The summed E-state index contributed by atoms with van der Waals surface area (Å²) >= 11 is 0. The Hall–Kier alpha value is 0.674. The van der Waals surface area contributed by atoms with Crippen molar-refractivity contribution in [1.29, 1.82) is 0 Å². The summed E-state index contributed by atoms with van der Waals surface area (Å²) in [5, 5.41) is 0. The van der Waals surface area contributed by atoms with E-state index in [4.69, 9.17) is 0 Å². The van der Waals surface area contributed by atoms with Gasteiger partial charge in [0, 0.05) is 21.7 Å². The minimum Gasteiger partial charge on any atom is -0.693 e. The maximum absolute atomic E-state index is 2.17. The number of hydrogen-bond donors (Lipinski definition) is 0. The summed E-state index contributed by atoms with van der Waals surface area (Å²) in [5.74, 6) is 0.833. The van der Waals surface area contributed by atoms with Crippen LogP contribution in [0.4, 0.5) is 0 Å². The fourth-order valence-electron chi connectivity index (χ4n) is 0. The predicted octanol–water partition coefficient (Wildman–Crippen LogP) is 2.38. The van der Waals surface area contributed by atoms with Gasteiger partial charge in [0.05, 0.1) is 0 Å². The van der Waals surface area contributed by atoms with Gasteiger partial charge in [0.25, 0.3) is 0 Å². The molecule has 38 valence electrons. The van der Waals surface area contributed by atoms with E-state index in [-0.39, 0.29) is 27.9 Å². The van der Waals surface area contributed by atoms with E-state index in [0.717, 1.165) is 5.92 Å². The molecular weight excluding hydrogens is 110 g/mol. The smallest absolute Gasteiger partial charge is 0 e. The molecule has 0 aliphatic rings. The largest absolute Gasteiger partial charge is 0.693 e. The first-order valence-electron chi connectivity index (χ1n) is 1.73. The quantitative estimate of drug-likeness (QED) is 0.442. The summed E-state index contributed by atoms with van der Waals surface area (Å²) in [7, 11) is 0. The molecule has 0 unspecified atom stereocenters. The zero-order valence-corrected chi connectivity index (χ0v) is 6.22. The zero-order chi connectivity index (χ0) is 3.58. The van der Waals surface area contributed by atoms with Gasteiger partial charge in [-0.1, -0.05) is 20.8 Å². The van der Waals surface area contributed by atoms with Crippen LogP contribution in [0, 0.1) is 5.92 Å². The summed E-state index contributed by atoms with van der Waals surface area (Å²) in [4.78, 5) is 0. The van der Waals surface area contributed by atoms with Crippen LogP contribution in [0.5, 0.6) is 0 Å². The van der Waals surface area contributed by atoms with Gasteiger partial charge in [0.2, 0.25) is 0 Å². The Balaban J connectivity index is -0.0000000450. The zero-order valence-electron chi connectivity index (χ0n) is 4.65. The van der Waals surface area contributed by atoms with E-state index in [2.05, 4.69) is 20.8 Å². The van der Waals surface area contributed by atoms with Gasteiger partial charge < -0.3 is 6.15 Å². The van der Waals surface area contributed by atoms with Crippen molar-refractivity contribution in [1.82, 2.24) is 0 Å². The second-order valence-corrected chi connectivity index (χ2v) is 1.73. The van der Waals surface area contributed by atoms with Gasteiger partial charge in [-0.3, -0.25) is 0 Å². The Labute approximate surface area is 55.0 Å². The van der Waals surface area contributed by atoms with Gasteiger partial charge in [-0.05, 0) is 5.92 Å². The molecule has 0 aliphatic carbocycles. The van der Waals surface area contributed by atoms with Crippen molar-refractivity contribution < 1.29 is 21.7 Å². The molecule has 0 bridgehead atoms. The van der Waals surface area contributed by atoms with Gasteiger partial charge in [0.1, 0.15) is 0 Å². The number of hydrogen-bond acceptors (Lipinski definition) is 0. The predicted molar refractivity (Wildman–Crippen MR) is 25.8 cm³/mol. The van der Waals surface area contributed by atoms with E-state index in [1.54, 1.807) is 0 Å². The van der Waals surface area contributed by atoms with Crippen LogP contribution in [-0.2, 0) is 21.7 Å². The summed E-state index contributed by atoms with van der Waals surface area (Å²) < 4.78 is 0. The number of nitrogens with two attached hydrogens (primary N) is 1. The summed E-state index contributed by atoms with van der Waals surface area (Å²) in [6.45, 7) is 6.50. The van der Waals surface area contributed by atoms with Crippen molar-refractivity contribution in [3.05, 3.63) is 6.15 Å². The minimum atomic E-state index is 0. The van der Waals surface area contributed by atoms with E-state index < -0.39 is 0 Å². The molecule has 2 heteroatoms. The fraction of sp³-hybridized carbons (Fsp3) is 1.00. The van der Waals surface area contributed by atoms with Crippen LogP contribution in [0.15, 0.2) is 0 Å². The third-order valence-electron chi connectivity index (χ3n) is 0. The van der Waals surface area contributed by atoms with Crippen molar-refractivity contribution >= 4 is 0 Å². The standard InChI is InChI=1S/C4H10.H2N.Ti/c1-4(2)3;;/h4H,1-3H3;1H2;/q;-1;. The monoisotopic (exact) mass is 122 g/mol. The normalized spacial score (nSPS) is 6.00. The van der Waals surface area contributed by atoms with Crippen LogP contribution >= 0.6 is 0 Å². The van der Waals surface area contributed by atoms with Crippen LogP contribution in [0.2, 0.25) is 0 Å². The maximum Gasteiger partial charge on any atom is 0 e. The van der Waals surface area contributed by atoms with Crippen LogP contribution in [-0.4, -0.2) is 0 Å². The van der Waals surface area contributed by atoms with E-state index in [0.29, 0.717) is 0 Å². The molecule has 0 aromatic rings. The molecule has 0 amide bonds. The average Bonchev–Trinajstić information content (AvgIpc) is 0.811. The molecule has 0 heterocycles. The van der Waals surface area contributed by atoms with E-state index in [1.165, 1.54) is 0 Å². The van der Waals surface area contributed by atoms with Crippen molar-refractivity contribution in [3.8, 4) is 0 Å². The molecule has 0 saturated carbocycles. The second kappa shape index (κ2) is 9.18. The average molecular weight is 122 g/mol. The maximum atomic E-state index is 2.17. The van der Waals surface area contributed by atoms with Crippen LogP contribution < -0.4 is 0 Å². The molecule has 0 aliphatic heterocycles. The Morgan fingerprint density at radius 2 is 1.00 bits per heavy atom. The van der Waals surface area contributed by atoms with Gasteiger partial charge >= 0.3 is 0 Å². The summed E-state index contributed by atoms with van der Waals surface area (Å²) in [5.41, 5.74) is 0. The van der Waals surface area contributed by atoms with E-state index >= 15 is 0 Å². The number of rotatable bonds is 0. The Bertz CT molecular complexity index is 12.3. The molecule has 0 radical (unpaired) electrons. The van der Waals surface area contributed by atoms with Crippen LogP contribution in [0.1, 0.15) is 20.8 Å².